The Morgan fingerprint density at radius 2 is 2.13 bits per heavy atom. The van der Waals surface area contributed by atoms with Crippen molar-refractivity contribution >= 4 is 17.7 Å². The first-order valence-electron chi connectivity index (χ1n) is 7.64. The van der Waals surface area contributed by atoms with Crippen molar-refractivity contribution in [2.75, 3.05) is 13.1 Å². The summed E-state index contributed by atoms with van der Waals surface area (Å²) in [4.78, 5) is 13.7. The maximum atomic E-state index is 13.2. The van der Waals surface area contributed by atoms with E-state index in [2.05, 4.69) is 0 Å². The van der Waals surface area contributed by atoms with Crippen LogP contribution in [0.1, 0.15) is 39.7 Å². The topological polar surface area (TPSA) is 38.8 Å². The largest absolute Gasteiger partial charge is 0.444 e. The number of likely N-dealkylation sites (tertiary alicyclic amines) is 1. The van der Waals surface area contributed by atoms with E-state index in [9.17, 15) is 9.18 Å². The molecule has 0 aliphatic carbocycles. The number of halogens is 2. The van der Waals surface area contributed by atoms with Crippen LogP contribution in [0.15, 0.2) is 18.2 Å². The molecule has 6 heteroatoms. The summed E-state index contributed by atoms with van der Waals surface area (Å²) < 4.78 is 24.5. The first kappa shape index (κ1) is 18.0. The van der Waals surface area contributed by atoms with E-state index in [0.717, 1.165) is 12.0 Å². The highest BCUT2D eigenvalue weighted by atomic mass is 35.5. The number of nitrogens with zero attached hydrogens (tertiary/aromatic N) is 1. The molecule has 0 spiro atoms. The van der Waals surface area contributed by atoms with Gasteiger partial charge in [0.2, 0.25) is 0 Å². The van der Waals surface area contributed by atoms with E-state index in [1.54, 1.807) is 17.0 Å². The average Bonchev–Trinajstić information content (AvgIpc) is 2.82. The van der Waals surface area contributed by atoms with E-state index in [1.165, 1.54) is 6.07 Å². The average molecular weight is 344 g/mol. The van der Waals surface area contributed by atoms with E-state index in [4.69, 9.17) is 21.1 Å². The Labute approximate surface area is 141 Å². The fourth-order valence-electron chi connectivity index (χ4n) is 2.42. The maximum absolute atomic E-state index is 13.2. The Hall–Kier alpha value is -1.33. The lowest BCUT2D eigenvalue weighted by atomic mass is 10.1. The van der Waals surface area contributed by atoms with Crippen LogP contribution in [0.2, 0.25) is 5.02 Å². The first-order chi connectivity index (χ1) is 10.6. The van der Waals surface area contributed by atoms with Crippen molar-refractivity contribution in [3.8, 4) is 0 Å². The summed E-state index contributed by atoms with van der Waals surface area (Å²) in [5, 5.41) is 0.0815. The molecule has 0 aromatic heterocycles. The van der Waals surface area contributed by atoms with Gasteiger partial charge in [0, 0.05) is 6.54 Å². The van der Waals surface area contributed by atoms with Crippen LogP contribution in [0.5, 0.6) is 0 Å². The number of amides is 1. The van der Waals surface area contributed by atoms with Crippen LogP contribution in [0.3, 0.4) is 0 Å². The van der Waals surface area contributed by atoms with Crippen LogP contribution in [0.25, 0.3) is 0 Å². The van der Waals surface area contributed by atoms with Crippen molar-refractivity contribution in [3.05, 3.63) is 34.6 Å². The monoisotopic (exact) mass is 343 g/mol. The smallest absolute Gasteiger partial charge is 0.410 e. The third kappa shape index (κ3) is 5.08. The molecule has 1 heterocycles. The molecule has 128 valence electrons. The second-order valence-electron chi connectivity index (χ2n) is 7.14. The molecule has 1 fully saturated rings. The number of hydrogen-bond donors (Lipinski definition) is 0. The van der Waals surface area contributed by atoms with Gasteiger partial charge in [0.25, 0.3) is 0 Å². The van der Waals surface area contributed by atoms with Gasteiger partial charge >= 0.3 is 6.09 Å². The number of benzene rings is 1. The van der Waals surface area contributed by atoms with Crippen molar-refractivity contribution in [2.45, 2.75) is 51.9 Å². The van der Waals surface area contributed by atoms with Gasteiger partial charge in [0.05, 0.1) is 23.8 Å². The third-order valence-electron chi connectivity index (χ3n) is 3.66. The zero-order chi connectivity index (χ0) is 17.3. The summed E-state index contributed by atoms with van der Waals surface area (Å²) in [5.41, 5.74) is -0.159. The molecular weight excluding hydrogens is 321 g/mol. The maximum Gasteiger partial charge on any atom is 0.410 e. The summed E-state index contributed by atoms with van der Waals surface area (Å²) in [6.45, 7) is 8.87. The van der Waals surface area contributed by atoms with Gasteiger partial charge in [-0.3, -0.25) is 0 Å². The lowest BCUT2D eigenvalue weighted by molar-refractivity contribution is -0.0374. The molecule has 0 bridgehead atoms. The molecule has 23 heavy (non-hydrogen) atoms. The van der Waals surface area contributed by atoms with Gasteiger partial charge < -0.3 is 14.4 Å². The number of carbonyl (C=O) groups excluding carboxylic acids is 1. The van der Waals surface area contributed by atoms with E-state index in [1.807, 2.05) is 27.7 Å². The van der Waals surface area contributed by atoms with Crippen molar-refractivity contribution in [3.63, 3.8) is 0 Å². The zero-order valence-corrected chi connectivity index (χ0v) is 14.7. The van der Waals surface area contributed by atoms with Gasteiger partial charge in [0.15, 0.2) is 0 Å². The molecule has 0 radical (unpaired) electrons. The molecule has 1 saturated heterocycles. The Morgan fingerprint density at radius 3 is 2.74 bits per heavy atom. The predicted octanol–water partition coefficient (Wildman–Crippen LogP) is 4.40. The summed E-state index contributed by atoms with van der Waals surface area (Å²) in [6.07, 6.45) is 0.399. The molecule has 1 aromatic rings. The molecule has 1 amide bonds. The molecule has 2 rings (SSSR count). The number of hydrogen-bond acceptors (Lipinski definition) is 3. The fraction of sp³-hybridized carbons (Fsp3) is 0.588. The van der Waals surface area contributed by atoms with Gasteiger partial charge in [-0.25, -0.2) is 9.18 Å². The van der Waals surface area contributed by atoms with Gasteiger partial charge in [-0.1, -0.05) is 17.7 Å². The van der Waals surface area contributed by atoms with E-state index in [0.29, 0.717) is 19.7 Å². The van der Waals surface area contributed by atoms with Crippen LogP contribution in [0.4, 0.5) is 9.18 Å². The van der Waals surface area contributed by atoms with E-state index < -0.39 is 17.0 Å². The third-order valence-corrected chi connectivity index (χ3v) is 3.95. The molecular formula is C17H23ClFNO3. The van der Waals surface area contributed by atoms with Crippen molar-refractivity contribution in [2.24, 2.45) is 0 Å². The summed E-state index contributed by atoms with van der Waals surface area (Å²) in [5.74, 6) is -0.446. The van der Waals surface area contributed by atoms with Crippen LogP contribution in [-0.2, 0) is 16.1 Å². The normalized spacial score (nSPS) is 21.6. The fourth-order valence-corrected chi connectivity index (χ4v) is 2.62. The van der Waals surface area contributed by atoms with E-state index in [-0.39, 0.29) is 11.1 Å². The predicted molar refractivity (Wildman–Crippen MR) is 87.0 cm³/mol. The molecule has 1 unspecified atom stereocenters. The van der Waals surface area contributed by atoms with Crippen molar-refractivity contribution in [1.29, 1.82) is 0 Å². The first-order valence-corrected chi connectivity index (χ1v) is 8.02. The Morgan fingerprint density at radius 1 is 1.43 bits per heavy atom. The Balaban J connectivity index is 1.91. The summed E-state index contributed by atoms with van der Waals surface area (Å²) >= 11 is 5.77. The summed E-state index contributed by atoms with van der Waals surface area (Å²) in [7, 11) is 0. The van der Waals surface area contributed by atoms with Crippen molar-refractivity contribution in [1.82, 2.24) is 4.90 Å². The standard InChI is InChI=1S/C17H23ClFNO3/c1-16(2,3)23-15(21)20-8-7-17(4,11-20)22-10-12-5-6-14(19)13(18)9-12/h5-6,9H,7-8,10-11H2,1-4H3. The van der Waals surface area contributed by atoms with Gasteiger partial charge in [0.1, 0.15) is 11.4 Å². The second kappa shape index (κ2) is 6.65. The van der Waals surface area contributed by atoms with Gasteiger partial charge in [-0.2, -0.15) is 0 Å². The van der Waals surface area contributed by atoms with Gasteiger partial charge in [-0.15, -0.1) is 0 Å². The highest BCUT2D eigenvalue weighted by molar-refractivity contribution is 6.30. The number of ether oxygens (including phenoxy) is 2. The van der Waals surface area contributed by atoms with Crippen LogP contribution >= 0.6 is 11.6 Å². The van der Waals surface area contributed by atoms with Crippen LogP contribution in [-0.4, -0.2) is 35.3 Å². The minimum Gasteiger partial charge on any atom is -0.444 e. The molecule has 4 nitrogen and oxygen atoms in total. The molecule has 1 aliphatic heterocycles. The minimum atomic E-state index is -0.512. The lowest BCUT2D eigenvalue weighted by Gasteiger charge is -2.27. The zero-order valence-electron chi connectivity index (χ0n) is 14.0. The van der Waals surface area contributed by atoms with Crippen LogP contribution in [0, 0.1) is 5.82 Å². The Bertz CT molecular complexity index is 588. The quantitative estimate of drug-likeness (QED) is 0.816. The SMILES string of the molecule is CC(C)(C)OC(=O)N1CCC(C)(OCc2ccc(F)c(Cl)c2)C1. The molecule has 1 aliphatic rings. The molecule has 1 aromatic carbocycles. The highest BCUT2D eigenvalue weighted by Gasteiger charge is 2.38. The number of carbonyl (C=O) groups is 1. The molecule has 0 saturated carbocycles. The second-order valence-corrected chi connectivity index (χ2v) is 7.55. The summed E-state index contributed by atoms with van der Waals surface area (Å²) in [6, 6.07) is 4.52. The number of rotatable bonds is 3. The molecule has 1 atom stereocenters. The molecule has 0 N–H and O–H groups in total. The minimum absolute atomic E-state index is 0.0815. The van der Waals surface area contributed by atoms with E-state index >= 15 is 0 Å². The Kier molecular flexibility index (Phi) is 5.21. The van der Waals surface area contributed by atoms with Gasteiger partial charge in [-0.05, 0) is 51.8 Å². The van der Waals surface area contributed by atoms with Crippen molar-refractivity contribution < 1.29 is 18.7 Å². The highest BCUT2D eigenvalue weighted by Crippen LogP contribution is 2.28. The lowest BCUT2D eigenvalue weighted by Crippen LogP contribution is -2.39. The van der Waals surface area contributed by atoms with Crippen LogP contribution < -0.4 is 0 Å².